The summed E-state index contributed by atoms with van der Waals surface area (Å²) in [5, 5.41) is 2.53. The topological polar surface area (TPSA) is 3.24 Å². The zero-order valence-corrected chi connectivity index (χ0v) is 28.1. The molecule has 0 amide bonds. The Bertz CT molecular complexity index is 2100. The van der Waals surface area contributed by atoms with Crippen LogP contribution >= 0.6 is 0 Å². The van der Waals surface area contributed by atoms with Crippen LogP contribution in [0.25, 0.3) is 33.0 Å². The maximum absolute atomic E-state index is 2.42. The van der Waals surface area contributed by atoms with Crippen LogP contribution in [-0.2, 0) is 5.41 Å². The first-order valence-electron chi connectivity index (χ1n) is 18.0. The van der Waals surface area contributed by atoms with E-state index in [0.717, 1.165) is 11.4 Å². The van der Waals surface area contributed by atoms with Crippen molar-refractivity contribution in [2.75, 3.05) is 4.90 Å². The van der Waals surface area contributed by atoms with Gasteiger partial charge in [-0.3, -0.25) is 0 Å². The summed E-state index contributed by atoms with van der Waals surface area (Å²) in [7, 11) is 0. The van der Waals surface area contributed by atoms with Crippen molar-refractivity contribution in [2.45, 2.75) is 50.4 Å². The Hall–Kier alpha value is -5.40. The van der Waals surface area contributed by atoms with E-state index >= 15 is 0 Å². The third-order valence-electron chi connectivity index (χ3n) is 10.7. The summed E-state index contributed by atoms with van der Waals surface area (Å²) in [6.07, 6.45) is 8.99. The van der Waals surface area contributed by atoms with E-state index < -0.39 is 0 Å². The lowest BCUT2D eigenvalue weighted by molar-refractivity contribution is 0.366. The van der Waals surface area contributed by atoms with Crippen molar-refractivity contribution in [3.05, 3.63) is 187 Å². The van der Waals surface area contributed by atoms with Crippen molar-refractivity contribution < 1.29 is 0 Å². The predicted molar refractivity (Wildman–Crippen MR) is 209 cm³/mol. The molecule has 0 spiro atoms. The number of benzene rings is 7. The normalized spacial score (nSPS) is 14.5. The van der Waals surface area contributed by atoms with Gasteiger partial charge in [-0.2, -0.15) is 0 Å². The minimum Gasteiger partial charge on any atom is -0.311 e. The lowest BCUT2D eigenvalue weighted by Gasteiger charge is -2.37. The van der Waals surface area contributed by atoms with Gasteiger partial charge in [0, 0.05) is 22.5 Å². The molecule has 0 bridgehead atoms. The Morgan fingerprint density at radius 2 is 0.755 bits per heavy atom. The molecule has 1 heteroatoms. The molecule has 1 fully saturated rings. The molecule has 0 heterocycles. The number of nitrogens with zero attached hydrogens (tertiary/aromatic N) is 1. The fourth-order valence-electron chi connectivity index (χ4n) is 7.99. The molecule has 0 aliphatic heterocycles. The first kappa shape index (κ1) is 30.9. The second-order valence-corrected chi connectivity index (χ2v) is 13.6. The van der Waals surface area contributed by atoms with Gasteiger partial charge in [-0.05, 0) is 99.5 Å². The summed E-state index contributed by atoms with van der Waals surface area (Å²) in [6, 6.07) is 64.8. The molecule has 0 atom stereocenters. The molecule has 0 radical (unpaired) electrons. The summed E-state index contributed by atoms with van der Waals surface area (Å²) in [6.45, 7) is 0. The van der Waals surface area contributed by atoms with Gasteiger partial charge in [-0.25, -0.2) is 0 Å². The molecule has 0 N–H and O–H groups in total. The van der Waals surface area contributed by atoms with E-state index in [1.54, 1.807) is 0 Å². The molecule has 1 nitrogen and oxygen atoms in total. The van der Waals surface area contributed by atoms with Crippen molar-refractivity contribution >= 4 is 27.8 Å². The SMILES string of the molecule is c1ccc(-c2ccc(N(c3ccc(-c4ccc5ccccc5c4)cc3)c3ccc(C4(c5ccccc5)CCCCCCC4)cc3)cc2)cc1. The van der Waals surface area contributed by atoms with Gasteiger partial charge >= 0.3 is 0 Å². The van der Waals surface area contributed by atoms with Crippen LogP contribution in [0, 0.1) is 0 Å². The highest BCUT2D eigenvalue weighted by Gasteiger charge is 2.34. The highest BCUT2D eigenvalue weighted by atomic mass is 15.1. The predicted octanol–water partition coefficient (Wildman–Crippen LogP) is 13.7. The van der Waals surface area contributed by atoms with E-state index in [0.29, 0.717) is 0 Å². The van der Waals surface area contributed by atoms with Crippen LogP contribution in [0.15, 0.2) is 176 Å². The summed E-state index contributed by atoms with van der Waals surface area (Å²) in [5.74, 6) is 0. The standard InChI is InChI=1S/C48H43N/c1-2-12-34-48(35-13-3-1,43-18-8-5-9-19-43)44-26-32-47(33-27-44)49(45-28-22-39(23-29-45)37-14-6-4-7-15-37)46-30-24-40(25-31-46)42-21-20-38-16-10-11-17-41(38)36-42/h4-11,14-33,36H,1-3,12-13,34-35H2. The molecule has 1 aliphatic carbocycles. The number of hydrogen-bond acceptors (Lipinski definition) is 1. The Labute approximate surface area is 291 Å². The van der Waals surface area contributed by atoms with E-state index in [1.165, 1.54) is 94.8 Å². The highest BCUT2D eigenvalue weighted by molar-refractivity contribution is 5.88. The minimum atomic E-state index is 0.0594. The van der Waals surface area contributed by atoms with Gasteiger partial charge in [0.1, 0.15) is 0 Å². The fourth-order valence-corrected chi connectivity index (χ4v) is 7.99. The van der Waals surface area contributed by atoms with Crippen molar-refractivity contribution in [3.63, 3.8) is 0 Å². The van der Waals surface area contributed by atoms with Crippen LogP contribution in [0.4, 0.5) is 17.1 Å². The summed E-state index contributed by atoms with van der Waals surface area (Å²) >= 11 is 0. The highest BCUT2D eigenvalue weighted by Crippen LogP contribution is 2.45. The van der Waals surface area contributed by atoms with Crippen LogP contribution in [-0.4, -0.2) is 0 Å². The van der Waals surface area contributed by atoms with Gasteiger partial charge in [0.2, 0.25) is 0 Å². The average molecular weight is 634 g/mol. The van der Waals surface area contributed by atoms with Crippen LogP contribution in [0.5, 0.6) is 0 Å². The summed E-state index contributed by atoms with van der Waals surface area (Å²) in [5.41, 5.74) is 11.3. The van der Waals surface area contributed by atoms with Gasteiger partial charge in [0.05, 0.1) is 0 Å². The second kappa shape index (κ2) is 14.0. The maximum Gasteiger partial charge on any atom is 0.0462 e. The van der Waals surface area contributed by atoms with E-state index in [-0.39, 0.29) is 5.41 Å². The summed E-state index contributed by atoms with van der Waals surface area (Å²) in [4.78, 5) is 2.40. The molecule has 7 aromatic rings. The Balaban J connectivity index is 1.18. The van der Waals surface area contributed by atoms with E-state index in [9.17, 15) is 0 Å². The number of rotatable bonds is 7. The van der Waals surface area contributed by atoms with E-state index in [2.05, 4.69) is 181 Å². The van der Waals surface area contributed by atoms with Gasteiger partial charge in [-0.1, -0.05) is 166 Å². The average Bonchev–Trinajstić information content (AvgIpc) is 3.17. The van der Waals surface area contributed by atoms with Crippen LogP contribution in [0.2, 0.25) is 0 Å². The molecule has 7 aromatic carbocycles. The second-order valence-electron chi connectivity index (χ2n) is 13.6. The van der Waals surface area contributed by atoms with Gasteiger partial charge in [-0.15, -0.1) is 0 Å². The molecule has 240 valence electrons. The molecule has 1 aliphatic rings. The van der Waals surface area contributed by atoms with Crippen molar-refractivity contribution in [3.8, 4) is 22.3 Å². The van der Waals surface area contributed by atoms with Crippen molar-refractivity contribution in [1.29, 1.82) is 0 Å². The van der Waals surface area contributed by atoms with Gasteiger partial charge < -0.3 is 4.90 Å². The van der Waals surface area contributed by atoms with E-state index in [4.69, 9.17) is 0 Å². The molecule has 49 heavy (non-hydrogen) atoms. The molecule has 8 rings (SSSR count). The zero-order chi connectivity index (χ0) is 32.9. The van der Waals surface area contributed by atoms with Crippen LogP contribution in [0.3, 0.4) is 0 Å². The first-order chi connectivity index (χ1) is 24.3. The van der Waals surface area contributed by atoms with Gasteiger partial charge in [0.15, 0.2) is 0 Å². The molecule has 0 unspecified atom stereocenters. The Morgan fingerprint density at radius 1 is 0.327 bits per heavy atom. The lowest BCUT2D eigenvalue weighted by atomic mass is 9.67. The molecular formula is C48H43N. The van der Waals surface area contributed by atoms with Crippen LogP contribution < -0.4 is 4.90 Å². The number of hydrogen-bond donors (Lipinski definition) is 0. The Morgan fingerprint density at radius 3 is 1.37 bits per heavy atom. The smallest absolute Gasteiger partial charge is 0.0462 e. The lowest BCUT2D eigenvalue weighted by Crippen LogP contribution is -2.29. The summed E-state index contributed by atoms with van der Waals surface area (Å²) < 4.78 is 0. The van der Waals surface area contributed by atoms with E-state index in [1.807, 2.05) is 0 Å². The minimum absolute atomic E-state index is 0.0594. The third-order valence-corrected chi connectivity index (χ3v) is 10.7. The fraction of sp³-hybridized carbons (Fsp3) is 0.167. The van der Waals surface area contributed by atoms with Crippen molar-refractivity contribution in [1.82, 2.24) is 0 Å². The first-order valence-corrected chi connectivity index (χ1v) is 18.0. The number of fused-ring (bicyclic) bond motifs is 1. The third kappa shape index (κ3) is 6.42. The zero-order valence-electron chi connectivity index (χ0n) is 28.1. The monoisotopic (exact) mass is 633 g/mol. The van der Waals surface area contributed by atoms with Crippen molar-refractivity contribution in [2.24, 2.45) is 0 Å². The molecule has 1 saturated carbocycles. The van der Waals surface area contributed by atoms with Crippen LogP contribution in [0.1, 0.15) is 56.1 Å². The van der Waals surface area contributed by atoms with Gasteiger partial charge in [0.25, 0.3) is 0 Å². The largest absolute Gasteiger partial charge is 0.311 e. The maximum atomic E-state index is 2.42. The molecule has 0 saturated heterocycles. The quantitative estimate of drug-likeness (QED) is 0.169. The molecule has 0 aromatic heterocycles. The Kier molecular flexibility index (Phi) is 8.82. The molecular weight excluding hydrogens is 591 g/mol. The number of anilines is 3.